The molecule has 2 aromatic carbocycles. The Balaban J connectivity index is 2.25. The van der Waals surface area contributed by atoms with Crippen LogP contribution in [0.1, 0.15) is 5.56 Å². The fraction of sp³-hybridized carbons (Fsp3) is 0.0500. The third-order valence-corrected chi connectivity index (χ3v) is 4.22. The predicted molar refractivity (Wildman–Crippen MR) is 93.6 cm³/mol. The Morgan fingerprint density at radius 3 is 2.58 bits per heavy atom. The number of fused-ring (bicyclic) bond motifs is 2. The van der Waals surface area contributed by atoms with Gasteiger partial charge in [0.1, 0.15) is 17.2 Å². The lowest BCUT2D eigenvalue weighted by molar-refractivity contribution is 0.611. The fourth-order valence-electron chi connectivity index (χ4n) is 3.05. The Morgan fingerprint density at radius 2 is 1.79 bits per heavy atom. The van der Waals surface area contributed by atoms with Gasteiger partial charge in [-0.15, -0.1) is 0 Å². The zero-order valence-corrected chi connectivity index (χ0v) is 13.0. The number of halogens is 1. The van der Waals surface area contributed by atoms with Gasteiger partial charge in [0.15, 0.2) is 5.43 Å². The summed E-state index contributed by atoms with van der Waals surface area (Å²) in [5.41, 5.74) is 9.62. The van der Waals surface area contributed by atoms with Crippen molar-refractivity contribution in [3.8, 4) is 22.5 Å². The standard InChI is InChI=1S/C20H14FNO2/c1-11-4-2-3-5-13(11)20-14-7-6-12(23)8-18(14)24-19-10-17(22)16(21)9-15(19)20/h2-10H,22H2,1H3. The lowest BCUT2D eigenvalue weighted by atomic mass is 9.91. The van der Waals surface area contributed by atoms with E-state index in [1.807, 2.05) is 31.2 Å². The summed E-state index contributed by atoms with van der Waals surface area (Å²) in [6.45, 7) is 1.99. The van der Waals surface area contributed by atoms with E-state index >= 15 is 0 Å². The molecule has 1 heterocycles. The number of hydrogen-bond donors (Lipinski definition) is 1. The van der Waals surface area contributed by atoms with Crippen LogP contribution in [0.2, 0.25) is 0 Å². The normalized spacial score (nSPS) is 11.2. The maximum Gasteiger partial charge on any atom is 0.182 e. The van der Waals surface area contributed by atoms with Crippen molar-refractivity contribution in [2.75, 3.05) is 5.73 Å². The minimum atomic E-state index is -0.493. The summed E-state index contributed by atoms with van der Waals surface area (Å²) in [5.74, 6) is -0.0356. The summed E-state index contributed by atoms with van der Waals surface area (Å²) >= 11 is 0. The Labute approximate surface area is 137 Å². The van der Waals surface area contributed by atoms with Crippen LogP contribution in [0.3, 0.4) is 0 Å². The molecule has 1 aliphatic carbocycles. The summed E-state index contributed by atoms with van der Waals surface area (Å²) in [6.07, 6.45) is 0. The van der Waals surface area contributed by atoms with Crippen LogP contribution in [-0.2, 0) is 0 Å². The van der Waals surface area contributed by atoms with E-state index in [0.717, 1.165) is 22.3 Å². The topological polar surface area (TPSA) is 56.2 Å². The van der Waals surface area contributed by atoms with Crippen molar-refractivity contribution in [3.63, 3.8) is 0 Å². The van der Waals surface area contributed by atoms with Crippen LogP contribution in [0.25, 0.3) is 33.4 Å². The molecule has 0 atom stereocenters. The first-order valence-electron chi connectivity index (χ1n) is 7.56. The van der Waals surface area contributed by atoms with Gasteiger partial charge >= 0.3 is 0 Å². The molecule has 0 saturated carbocycles. The van der Waals surface area contributed by atoms with E-state index in [-0.39, 0.29) is 11.1 Å². The molecule has 4 heteroatoms. The van der Waals surface area contributed by atoms with E-state index in [0.29, 0.717) is 16.7 Å². The van der Waals surface area contributed by atoms with Crippen LogP contribution in [0.15, 0.2) is 63.8 Å². The average molecular weight is 319 g/mol. The van der Waals surface area contributed by atoms with E-state index in [4.69, 9.17) is 10.2 Å². The molecule has 2 aromatic rings. The lowest BCUT2D eigenvalue weighted by Gasteiger charge is -2.17. The third-order valence-electron chi connectivity index (χ3n) is 4.22. The van der Waals surface area contributed by atoms with Crippen molar-refractivity contribution in [1.82, 2.24) is 0 Å². The van der Waals surface area contributed by atoms with Gasteiger partial charge < -0.3 is 10.2 Å². The highest BCUT2D eigenvalue weighted by atomic mass is 19.1. The van der Waals surface area contributed by atoms with Gasteiger partial charge in [0.05, 0.1) is 5.69 Å². The van der Waals surface area contributed by atoms with Gasteiger partial charge in [-0.3, -0.25) is 4.79 Å². The molecule has 0 fully saturated rings. The minimum absolute atomic E-state index is 0.0135. The highest BCUT2D eigenvalue weighted by molar-refractivity contribution is 6.03. The number of anilines is 1. The lowest BCUT2D eigenvalue weighted by Crippen LogP contribution is -2.01. The Bertz CT molecular complexity index is 1110. The zero-order chi connectivity index (χ0) is 16.8. The average Bonchev–Trinajstić information content (AvgIpc) is 2.55. The van der Waals surface area contributed by atoms with Gasteiger partial charge in [-0.1, -0.05) is 24.3 Å². The highest BCUT2D eigenvalue weighted by Gasteiger charge is 2.19. The largest absolute Gasteiger partial charge is 0.456 e. The van der Waals surface area contributed by atoms with Crippen LogP contribution in [0, 0.1) is 12.7 Å². The van der Waals surface area contributed by atoms with E-state index in [1.165, 1.54) is 24.3 Å². The molecule has 24 heavy (non-hydrogen) atoms. The first kappa shape index (κ1) is 14.5. The number of hydrogen-bond acceptors (Lipinski definition) is 3. The number of rotatable bonds is 1. The molecule has 0 aromatic heterocycles. The number of nitrogen functional groups attached to an aromatic ring is 1. The quantitative estimate of drug-likeness (QED) is 0.412. The number of aryl methyl sites for hydroxylation is 1. The summed E-state index contributed by atoms with van der Waals surface area (Å²) in [6, 6.07) is 15.3. The van der Waals surface area contributed by atoms with Crippen molar-refractivity contribution < 1.29 is 8.81 Å². The Hall–Kier alpha value is -3.14. The van der Waals surface area contributed by atoms with Crippen molar-refractivity contribution >= 4 is 16.7 Å². The van der Waals surface area contributed by atoms with Crippen LogP contribution in [0.5, 0.6) is 0 Å². The number of nitrogens with two attached hydrogens (primary N) is 1. The second-order valence-corrected chi connectivity index (χ2v) is 5.82. The zero-order valence-electron chi connectivity index (χ0n) is 13.0. The van der Waals surface area contributed by atoms with E-state index in [2.05, 4.69) is 0 Å². The first-order valence-corrected chi connectivity index (χ1v) is 7.56. The summed E-state index contributed by atoms with van der Waals surface area (Å²) in [7, 11) is 0. The molecule has 0 unspecified atom stereocenters. The van der Waals surface area contributed by atoms with Gasteiger partial charge in [0.2, 0.25) is 0 Å². The SMILES string of the molecule is Cc1ccccc1-c1c2ccc(=O)cc-2oc2cc(N)c(F)cc12. The van der Waals surface area contributed by atoms with Crippen LogP contribution < -0.4 is 11.2 Å². The van der Waals surface area contributed by atoms with Crippen molar-refractivity contribution in [1.29, 1.82) is 0 Å². The van der Waals surface area contributed by atoms with E-state index in [9.17, 15) is 9.18 Å². The molecule has 1 aliphatic heterocycles. The molecule has 0 spiro atoms. The van der Waals surface area contributed by atoms with Crippen LogP contribution in [-0.4, -0.2) is 0 Å². The molecule has 0 saturated heterocycles. The molecule has 3 nitrogen and oxygen atoms in total. The van der Waals surface area contributed by atoms with Crippen LogP contribution in [0.4, 0.5) is 10.1 Å². The predicted octanol–water partition coefficient (Wildman–Crippen LogP) is 4.59. The monoisotopic (exact) mass is 319 g/mol. The van der Waals surface area contributed by atoms with Gasteiger partial charge in [0.25, 0.3) is 0 Å². The molecular weight excluding hydrogens is 305 g/mol. The van der Waals surface area contributed by atoms with E-state index in [1.54, 1.807) is 6.07 Å². The van der Waals surface area contributed by atoms with Crippen molar-refractivity contribution in [2.24, 2.45) is 0 Å². The smallest absolute Gasteiger partial charge is 0.182 e. The van der Waals surface area contributed by atoms with Gasteiger partial charge in [-0.2, -0.15) is 0 Å². The van der Waals surface area contributed by atoms with Crippen LogP contribution >= 0.6 is 0 Å². The molecule has 4 rings (SSSR count). The molecule has 0 bridgehead atoms. The van der Waals surface area contributed by atoms with Gasteiger partial charge in [-0.05, 0) is 36.2 Å². The summed E-state index contributed by atoms with van der Waals surface area (Å²) in [4.78, 5) is 11.7. The molecule has 0 radical (unpaired) electrons. The van der Waals surface area contributed by atoms with Gasteiger partial charge in [0, 0.05) is 28.6 Å². The Kier molecular flexibility index (Phi) is 3.13. The third kappa shape index (κ3) is 2.15. The molecular formula is C20H14FNO2. The Morgan fingerprint density at radius 1 is 1.00 bits per heavy atom. The summed E-state index contributed by atoms with van der Waals surface area (Å²) < 4.78 is 19.9. The second-order valence-electron chi connectivity index (χ2n) is 5.82. The maximum absolute atomic E-state index is 14.1. The van der Waals surface area contributed by atoms with Crippen molar-refractivity contribution in [2.45, 2.75) is 6.92 Å². The molecule has 2 N–H and O–H groups in total. The molecule has 118 valence electrons. The fourth-order valence-corrected chi connectivity index (χ4v) is 3.05. The first-order chi connectivity index (χ1) is 11.5. The van der Waals surface area contributed by atoms with E-state index < -0.39 is 5.82 Å². The van der Waals surface area contributed by atoms with Crippen molar-refractivity contribution in [3.05, 3.63) is 76.2 Å². The second kappa shape index (κ2) is 5.20. The number of benzene rings is 3. The van der Waals surface area contributed by atoms with Gasteiger partial charge in [-0.25, -0.2) is 4.39 Å². The maximum atomic E-state index is 14.1. The minimum Gasteiger partial charge on any atom is -0.456 e. The molecule has 2 aliphatic rings. The highest BCUT2D eigenvalue weighted by Crippen LogP contribution is 2.41. The summed E-state index contributed by atoms with van der Waals surface area (Å²) in [5, 5.41) is 0.627. The molecule has 0 amide bonds.